The number of amides is 1. The highest BCUT2D eigenvalue weighted by molar-refractivity contribution is 5.94. The second-order valence-electron chi connectivity index (χ2n) is 4.94. The van der Waals surface area contributed by atoms with E-state index in [-0.39, 0.29) is 5.91 Å². The molecule has 5 heteroatoms. The second kappa shape index (κ2) is 6.79. The molecule has 1 N–H and O–H groups in total. The van der Waals surface area contributed by atoms with E-state index >= 15 is 0 Å². The Morgan fingerprint density at radius 3 is 2.65 bits per heavy atom. The number of rotatable bonds is 4. The maximum absolute atomic E-state index is 13.2. The van der Waals surface area contributed by atoms with Crippen molar-refractivity contribution >= 4 is 5.91 Å². The summed E-state index contributed by atoms with van der Waals surface area (Å²) in [5.41, 5.74) is 2.88. The number of pyridine rings is 2. The molecule has 3 aromatic rings. The van der Waals surface area contributed by atoms with E-state index in [1.54, 1.807) is 24.7 Å². The van der Waals surface area contributed by atoms with E-state index in [0.717, 1.165) is 16.8 Å². The highest BCUT2D eigenvalue weighted by Gasteiger charge is 2.09. The predicted molar refractivity (Wildman–Crippen MR) is 85.0 cm³/mol. The second-order valence-corrected chi connectivity index (χ2v) is 4.94. The van der Waals surface area contributed by atoms with Crippen molar-refractivity contribution in [2.75, 3.05) is 0 Å². The van der Waals surface area contributed by atoms with Gasteiger partial charge in [0, 0.05) is 36.3 Å². The molecule has 0 aliphatic carbocycles. The molecule has 0 unspecified atom stereocenters. The zero-order valence-corrected chi connectivity index (χ0v) is 12.2. The summed E-state index contributed by atoms with van der Waals surface area (Å²) in [6.07, 6.45) is 5.09. The molecular formula is C18H14FN3O. The van der Waals surface area contributed by atoms with Crippen molar-refractivity contribution in [3.63, 3.8) is 0 Å². The lowest BCUT2D eigenvalue weighted by Gasteiger charge is -2.10. The Kier molecular flexibility index (Phi) is 4.38. The van der Waals surface area contributed by atoms with Crippen LogP contribution in [0.4, 0.5) is 4.39 Å². The molecule has 0 saturated heterocycles. The lowest BCUT2D eigenvalue weighted by molar-refractivity contribution is 0.0950. The molecule has 0 saturated carbocycles. The third-order valence-corrected chi connectivity index (χ3v) is 3.37. The van der Waals surface area contributed by atoms with E-state index < -0.39 is 5.82 Å². The molecule has 0 spiro atoms. The first-order chi connectivity index (χ1) is 11.2. The van der Waals surface area contributed by atoms with Gasteiger partial charge in [0.25, 0.3) is 5.91 Å². The summed E-state index contributed by atoms with van der Waals surface area (Å²) in [6, 6.07) is 13.0. The van der Waals surface area contributed by atoms with E-state index in [2.05, 4.69) is 15.3 Å². The Balaban J connectivity index is 1.78. The number of halogens is 1. The largest absolute Gasteiger partial charge is 0.348 e. The molecule has 4 nitrogen and oxygen atoms in total. The molecule has 3 rings (SSSR count). The van der Waals surface area contributed by atoms with Crippen molar-refractivity contribution in [1.82, 2.24) is 15.3 Å². The fraction of sp³-hybridized carbons (Fsp3) is 0.0556. The number of hydrogen-bond acceptors (Lipinski definition) is 3. The number of hydrogen-bond donors (Lipinski definition) is 1. The summed E-state index contributed by atoms with van der Waals surface area (Å²) in [7, 11) is 0. The summed E-state index contributed by atoms with van der Waals surface area (Å²) >= 11 is 0. The average Bonchev–Trinajstić information content (AvgIpc) is 2.60. The lowest BCUT2D eigenvalue weighted by atomic mass is 10.1. The van der Waals surface area contributed by atoms with Gasteiger partial charge in [0.2, 0.25) is 0 Å². The van der Waals surface area contributed by atoms with Gasteiger partial charge >= 0.3 is 0 Å². The molecule has 0 bridgehead atoms. The van der Waals surface area contributed by atoms with Gasteiger partial charge in [-0.05, 0) is 42.0 Å². The summed E-state index contributed by atoms with van der Waals surface area (Å²) in [6.45, 7) is 0.306. The fourth-order valence-corrected chi connectivity index (χ4v) is 2.26. The number of carbonyl (C=O) groups is 1. The first kappa shape index (κ1) is 14.8. The highest BCUT2D eigenvalue weighted by atomic mass is 19.1. The normalized spacial score (nSPS) is 10.3. The highest BCUT2D eigenvalue weighted by Crippen LogP contribution is 2.20. The van der Waals surface area contributed by atoms with Crippen LogP contribution in [0.15, 0.2) is 67.1 Å². The minimum absolute atomic E-state index is 0.291. The predicted octanol–water partition coefficient (Wildman–Crippen LogP) is 3.21. The van der Waals surface area contributed by atoms with E-state index in [1.165, 1.54) is 18.2 Å². The van der Waals surface area contributed by atoms with Crippen molar-refractivity contribution in [2.24, 2.45) is 0 Å². The molecule has 0 fully saturated rings. The molecule has 2 aromatic heterocycles. The molecule has 23 heavy (non-hydrogen) atoms. The van der Waals surface area contributed by atoms with Gasteiger partial charge in [0.1, 0.15) is 5.82 Å². The molecule has 2 heterocycles. The van der Waals surface area contributed by atoms with E-state index in [0.29, 0.717) is 12.1 Å². The van der Waals surface area contributed by atoms with Crippen molar-refractivity contribution in [3.05, 3.63) is 84.1 Å². The summed E-state index contributed by atoms with van der Waals surface area (Å²) in [5.74, 6) is -0.759. The number of nitrogens with zero attached hydrogens (tertiary/aromatic N) is 2. The van der Waals surface area contributed by atoms with Gasteiger partial charge in [0.05, 0.1) is 5.69 Å². The van der Waals surface area contributed by atoms with Crippen LogP contribution in [0.1, 0.15) is 15.9 Å². The van der Waals surface area contributed by atoms with Crippen LogP contribution in [0.2, 0.25) is 0 Å². The Morgan fingerprint density at radius 2 is 1.87 bits per heavy atom. The van der Waals surface area contributed by atoms with E-state index in [9.17, 15) is 9.18 Å². The van der Waals surface area contributed by atoms with Gasteiger partial charge in [-0.15, -0.1) is 0 Å². The molecule has 114 valence electrons. The molecule has 0 atom stereocenters. The van der Waals surface area contributed by atoms with Crippen molar-refractivity contribution in [3.8, 4) is 11.3 Å². The minimum atomic E-state index is -0.434. The molecule has 1 aromatic carbocycles. The molecule has 1 amide bonds. The minimum Gasteiger partial charge on any atom is -0.348 e. The van der Waals surface area contributed by atoms with Crippen molar-refractivity contribution in [2.45, 2.75) is 6.54 Å². The summed E-state index contributed by atoms with van der Waals surface area (Å²) in [4.78, 5) is 20.5. The van der Waals surface area contributed by atoms with Crippen LogP contribution < -0.4 is 5.32 Å². The first-order valence-corrected chi connectivity index (χ1v) is 7.12. The van der Waals surface area contributed by atoms with Gasteiger partial charge in [-0.1, -0.05) is 12.1 Å². The van der Waals surface area contributed by atoms with Gasteiger partial charge in [0.15, 0.2) is 0 Å². The molecule has 0 aliphatic rings. The fourth-order valence-electron chi connectivity index (χ4n) is 2.26. The summed E-state index contributed by atoms with van der Waals surface area (Å²) in [5, 5.41) is 2.79. The Bertz CT molecular complexity index is 821. The monoisotopic (exact) mass is 307 g/mol. The Labute approximate surface area is 133 Å². The van der Waals surface area contributed by atoms with Crippen molar-refractivity contribution in [1.29, 1.82) is 0 Å². The third kappa shape index (κ3) is 3.58. The zero-order valence-electron chi connectivity index (χ0n) is 12.2. The van der Waals surface area contributed by atoms with Crippen LogP contribution in [-0.4, -0.2) is 15.9 Å². The topological polar surface area (TPSA) is 54.9 Å². The lowest BCUT2D eigenvalue weighted by Crippen LogP contribution is -2.23. The van der Waals surface area contributed by atoms with E-state index in [4.69, 9.17) is 0 Å². The SMILES string of the molecule is O=C(NCc1cccnc1-c1ccncc1)c1cccc(F)c1. The van der Waals surface area contributed by atoms with Crippen LogP contribution in [0.5, 0.6) is 0 Å². The van der Waals surface area contributed by atoms with E-state index in [1.807, 2.05) is 24.3 Å². The molecule has 0 aliphatic heterocycles. The van der Waals surface area contributed by atoms with Crippen LogP contribution in [0.3, 0.4) is 0 Å². The Morgan fingerprint density at radius 1 is 1.04 bits per heavy atom. The number of aromatic nitrogens is 2. The quantitative estimate of drug-likeness (QED) is 0.805. The molecular weight excluding hydrogens is 293 g/mol. The first-order valence-electron chi connectivity index (χ1n) is 7.12. The number of nitrogens with one attached hydrogen (secondary N) is 1. The number of benzene rings is 1. The van der Waals surface area contributed by atoms with Crippen LogP contribution >= 0.6 is 0 Å². The van der Waals surface area contributed by atoms with Crippen LogP contribution in [0, 0.1) is 5.82 Å². The van der Waals surface area contributed by atoms with Crippen molar-refractivity contribution < 1.29 is 9.18 Å². The van der Waals surface area contributed by atoms with Crippen LogP contribution in [0.25, 0.3) is 11.3 Å². The smallest absolute Gasteiger partial charge is 0.251 e. The zero-order chi connectivity index (χ0) is 16.1. The van der Waals surface area contributed by atoms with Gasteiger partial charge in [-0.2, -0.15) is 0 Å². The number of carbonyl (C=O) groups excluding carboxylic acids is 1. The average molecular weight is 307 g/mol. The maximum Gasteiger partial charge on any atom is 0.251 e. The maximum atomic E-state index is 13.2. The third-order valence-electron chi connectivity index (χ3n) is 3.37. The van der Waals surface area contributed by atoms with Gasteiger partial charge in [-0.3, -0.25) is 14.8 Å². The van der Waals surface area contributed by atoms with Crippen LogP contribution in [-0.2, 0) is 6.54 Å². The Hall–Kier alpha value is -3.08. The molecule has 0 radical (unpaired) electrons. The van der Waals surface area contributed by atoms with Gasteiger partial charge in [-0.25, -0.2) is 4.39 Å². The van der Waals surface area contributed by atoms with Gasteiger partial charge < -0.3 is 5.32 Å². The summed E-state index contributed by atoms with van der Waals surface area (Å²) < 4.78 is 13.2. The standard InChI is InChI=1S/C18H14FN3O/c19-16-5-1-3-14(11-16)18(23)22-12-15-4-2-8-21-17(15)13-6-9-20-10-7-13/h1-11H,12H2,(H,22,23).